The fraction of sp³-hybridized carbons (Fsp3) is 0.538. The number of nitrogens with one attached hydrogen (secondary N) is 1. The third-order valence-corrected chi connectivity index (χ3v) is 4.47. The highest BCUT2D eigenvalue weighted by molar-refractivity contribution is 7.83. The Kier molecular flexibility index (Phi) is 6.87. The zero-order chi connectivity index (χ0) is 18.5. The summed E-state index contributed by atoms with van der Waals surface area (Å²) in [6.45, 7) is -0.599. The topological polar surface area (TPSA) is 154 Å². The summed E-state index contributed by atoms with van der Waals surface area (Å²) < 4.78 is 81.3. The number of benzene rings is 1. The molecule has 0 radical (unpaired) electrons. The molecular weight excluding hydrogens is 378 g/mol. The van der Waals surface area contributed by atoms with E-state index in [0.717, 1.165) is 5.56 Å². The monoisotopic (exact) mass is 395 g/mol. The van der Waals surface area contributed by atoms with Gasteiger partial charge in [0.25, 0.3) is 0 Å². The molecule has 1 N–H and O–H groups in total. The van der Waals surface area contributed by atoms with Crippen molar-refractivity contribution < 1.29 is 39.6 Å². The van der Waals surface area contributed by atoms with Crippen molar-refractivity contribution in [2.24, 2.45) is 0 Å². The molecule has 1 fully saturated rings. The summed E-state index contributed by atoms with van der Waals surface area (Å²) >= 11 is 0. The van der Waals surface area contributed by atoms with E-state index in [0.29, 0.717) is 0 Å². The molecule has 1 aromatic rings. The molecular formula is C13H17NO9S2-2. The molecule has 1 saturated heterocycles. The van der Waals surface area contributed by atoms with Crippen LogP contribution in [0.15, 0.2) is 30.3 Å². The summed E-state index contributed by atoms with van der Waals surface area (Å²) in [4.78, 5) is 0. The van der Waals surface area contributed by atoms with Crippen LogP contribution in [0, 0.1) is 0 Å². The molecule has 0 bridgehead atoms. The molecule has 1 aliphatic rings. The smallest absolute Gasteiger partial charge is 0.217 e. The second-order valence-corrected chi connectivity index (χ2v) is 7.59. The molecule has 0 amide bonds. The Morgan fingerprint density at radius 3 is 2.44 bits per heavy atom. The third-order valence-electron chi connectivity index (χ3n) is 3.46. The van der Waals surface area contributed by atoms with Crippen LogP contribution in [-0.4, -0.2) is 57.4 Å². The van der Waals surface area contributed by atoms with Gasteiger partial charge in [0.2, 0.25) is 10.4 Å². The van der Waals surface area contributed by atoms with E-state index in [1.165, 1.54) is 0 Å². The molecule has 0 saturated carbocycles. The van der Waals surface area contributed by atoms with Crippen LogP contribution >= 0.6 is 0 Å². The third kappa shape index (κ3) is 7.75. The highest BCUT2D eigenvalue weighted by Crippen LogP contribution is 2.20. The van der Waals surface area contributed by atoms with E-state index in [-0.39, 0.29) is 19.6 Å². The molecule has 0 spiro atoms. The molecule has 12 heteroatoms. The average molecular weight is 395 g/mol. The molecule has 1 heterocycles. The van der Waals surface area contributed by atoms with Gasteiger partial charge in [-0.25, -0.2) is 21.6 Å². The SMILES string of the molecule is O=S(=O)([O-])NC1COC(COS(=O)(=O)[O-])C[C@@H]1OCc1ccccc1. The van der Waals surface area contributed by atoms with Gasteiger partial charge in [-0.05, 0) is 5.56 Å². The van der Waals surface area contributed by atoms with Crippen molar-refractivity contribution >= 4 is 20.7 Å². The Labute approximate surface area is 145 Å². The zero-order valence-electron chi connectivity index (χ0n) is 12.9. The number of rotatable bonds is 8. The fourth-order valence-corrected chi connectivity index (χ4v) is 3.28. The van der Waals surface area contributed by atoms with Crippen molar-refractivity contribution in [1.29, 1.82) is 0 Å². The van der Waals surface area contributed by atoms with Crippen LogP contribution < -0.4 is 4.72 Å². The Hall–Kier alpha value is -1.12. The van der Waals surface area contributed by atoms with Crippen molar-refractivity contribution in [3.05, 3.63) is 35.9 Å². The minimum atomic E-state index is -4.87. The van der Waals surface area contributed by atoms with Gasteiger partial charge in [-0.1, -0.05) is 30.3 Å². The highest BCUT2D eigenvalue weighted by atomic mass is 32.3. The maximum atomic E-state index is 10.9. The van der Waals surface area contributed by atoms with E-state index >= 15 is 0 Å². The number of ether oxygens (including phenoxy) is 2. The van der Waals surface area contributed by atoms with Crippen molar-refractivity contribution in [2.75, 3.05) is 13.2 Å². The molecule has 0 aromatic heterocycles. The lowest BCUT2D eigenvalue weighted by molar-refractivity contribution is -0.104. The predicted molar refractivity (Wildman–Crippen MR) is 81.6 cm³/mol. The van der Waals surface area contributed by atoms with E-state index < -0.39 is 45.6 Å². The first-order chi connectivity index (χ1) is 11.6. The fourth-order valence-electron chi connectivity index (χ4n) is 2.37. The number of hydrogen-bond donors (Lipinski definition) is 1. The van der Waals surface area contributed by atoms with Crippen molar-refractivity contribution in [3.63, 3.8) is 0 Å². The van der Waals surface area contributed by atoms with Crippen LogP contribution in [0.4, 0.5) is 0 Å². The first kappa shape index (κ1) is 20.2. The first-order valence-corrected chi connectivity index (χ1v) is 9.97. The van der Waals surface area contributed by atoms with Crippen LogP contribution in [0.1, 0.15) is 12.0 Å². The lowest BCUT2D eigenvalue weighted by Crippen LogP contribution is -2.53. The van der Waals surface area contributed by atoms with E-state index in [4.69, 9.17) is 9.47 Å². The molecule has 1 aliphatic heterocycles. The summed E-state index contributed by atoms with van der Waals surface area (Å²) in [6, 6.07) is 8.09. The molecule has 0 aliphatic carbocycles. The van der Waals surface area contributed by atoms with Crippen LogP contribution in [0.25, 0.3) is 0 Å². The average Bonchev–Trinajstić information content (AvgIpc) is 2.51. The molecule has 10 nitrogen and oxygen atoms in total. The van der Waals surface area contributed by atoms with Gasteiger partial charge < -0.3 is 18.6 Å². The quantitative estimate of drug-likeness (QED) is 0.442. The summed E-state index contributed by atoms with van der Waals surface area (Å²) in [5, 5.41) is 0. The lowest BCUT2D eigenvalue weighted by Gasteiger charge is -2.36. The summed E-state index contributed by atoms with van der Waals surface area (Å²) in [6.07, 6.45) is -1.52. The van der Waals surface area contributed by atoms with E-state index in [1.807, 2.05) is 10.8 Å². The first-order valence-electron chi connectivity index (χ1n) is 7.23. The van der Waals surface area contributed by atoms with Gasteiger partial charge in [0.15, 0.2) is 10.3 Å². The zero-order valence-corrected chi connectivity index (χ0v) is 14.6. The maximum absolute atomic E-state index is 10.9. The molecule has 1 aromatic carbocycles. The molecule has 2 unspecified atom stereocenters. The van der Waals surface area contributed by atoms with Crippen molar-refractivity contribution in [3.8, 4) is 0 Å². The second kappa shape index (κ2) is 8.51. The lowest BCUT2D eigenvalue weighted by atomic mass is 10.0. The summed E-state index contributed by atoms with van der Waals surface area (Å²) in [5.74, 6) is 0. The van der Waals surface area contributed by atoms with Gasteiger partial charge in [0.1, 0.15) is 0 Å². The van der Waals surface area contributed by atoms with Gasteiger partial charge in [0, 0.05) is 6.42 Å². The summed E-state index contributed by atoms with van der Waals surface area (Å²) in [5.41, 5.74) is 0.827. The van der Waals surface area contributed by atoms with E-state index in [9.17, 15) is 25.9 Å². The summed E-state index contributed by atoms with van der Waals surface area (Å²) in [7, 11) is -9.60. The molecule has 3 atom stereocenters. The van der Waals surface area contributed by atoms with E-state index in [2.05, 4.69) is 4.18 Å². The minimum absolute atomic E-state index is 0.0372. The van der Waals surface area contributed by atoms with E-state index in [1.54, 1.807) is 24.3 Å². The van der Waals surface area contributed by atoms with Crippen LogP contribution in [0.3, 0.4) is 0 Å². The molecule has 25 heavy (non-hydrogen) atoms. The normalized spacial score (nSPS) is 25.0. The Balaban J connectivity index is 2.00. The Bertz CT molecular complexity index is 751. The van der Waals surface area contributed by atoms with Gasteiger partial charge >= 0.3 is 0 Å². The van der Waals surface area contributed by atoms with Crippen LogP contribution in [-0.2, 0) is 41.0 Å². The predicted octanol–water partition coefficient (Wildman–Crippen LogP) is -0.744. The highest BCUT2D eigenvalue weighted by Gasteiger charge is 2.33. The second-order valence-electron chi connectivity index (χ2n) is 5.40. The molecule has 142 valence electrons. The Morgan fingerprint density at radius 2 is 1.84 bits per heavy atom. The van der Waals surface area contributed by atoms with Crippen molar-refractivity contribution in [1.82, 2.24) is 4.72 Å². The van der Waals surface area contributed by atoms with Gasteiger partial charge in [0.05, 0.1) is 38.1 Å². The van der Waals surface area contributed by atoms with Gasteiger partial charge in [-0.15, -0.1) is 0 Å². The van der Waals surface area contributed by atoms with Crippen LogP contribution in [0.2, 0.25) is 0 Å². The maximum Gasteiger partial charge on any atom is 0.217 e. The van der Waals surface area contributed by atoms with Crippen molar-refractivity contribution in [2.45, 2.75) is 31.3 Å². The molecule has 2 rings (SSSR count). The van der Waals surface area contributed by atoms with Crippen LogP contribution in [0.5, 0.6) is 0 Å². The number of hydrogen-bond acceptors (Lipinski definition) is 9. The van der Waals surface area contributed by atoms with Gasteiger partial charge in [-0.3, -0.25) is 4.18 Å². The minimum Gasteiger partial charge on any atom is -0.735 e. The standard InChI is InChI=1S/C13H19NO9S2/c15-24(16,17)14-12-9-21-11(8-23-25(18,19)20)6-13(12)22-7-10-4-2-1-3-5-10/h1-5,11-14H,6-9H2,(H,15,16,17)(H,18,19,20)/p-2/t11?,12?,13-/m0/s1. The Morgan fingerprint density at radius 1 is 1.16 bits per heavy atom. The van der Waals surface area contributed by atoms with Gasteiger partial charge in [-0.2, -0.15) is 0 Å². The largest absolute Gasteiger partial charge is 0.735 e.